The molecule has 0 saturated carbocycles. The van der Waals surface area contributed by atoms with E-state index in [1.807, 2.05) is 0 Å². The first-order valence-electron chi connectivity index (χ1n) is 8.77. The number of nitrogens with zero attached hydrogens (tertiary/aromatic N) is 2. The Kier molecular flexibility index (Phi) is 4.04. The summed E-state index contributed by atoms with van der Waals surface area (Å²) in [5.74, 6) is 1.20. The lowest BCUT2D eigenvalue weighted by Crippen LogP contribution is -2.05. The van der Waals surface area contributed by atoms with Gasteiger partial charge in [0, 0.05) is 13.0 Å². The van der Waals surface area contributed by atoms with Gasteiger partial charge in [0.2, 0.25) is 0 Å². The number of unbranched alkanes of at least 4 members (excludes halogenated alkanes) is 1. The zero-order chi connectivity index (χ0) is 16.4. The highest BCUT2D eigenvalue weighted by molar-refractivity contribution is 5.83. The van der Waals surface area contributed by atoms with E-state index in [1.165, 1.54) is 40.5 Å². The Hall–Kier alpha value is -2.61. The van der Waals surface area contributed by atoms with Gasteiger partial charge in [0.25, 0.3) is 0 Å². The normalized spacial score (nSPS) is 11.4. The number of rotatable bonds is 5. The fraction of sp³-hybridized carbons (Fsp3) is 0.227. The van der Waals surface area contributed by atoms with E-state index in [0.717, 1.165) is 18.5 Å². The van der Waals surface area contributed by atoms with Crippen molar-refractivity contribution in [1.82, 2.24) is 9.55 Å². The third-order valence-corrected chi connectivity index (χ3v) is 4.64. The number of benzene rings is 3. The van der Waals surface area contributed by atoms with E-state index >= 15 is 0 Å². The van der Waals surface area contributed by atoms with Crippen LogP contribution in [0.3, 0.4) is 0 Å². The fourth-order valence-corrected chi connectivity index (χ4v) is 3.35. The Morgan fingerprint density at radius 3 is 2.54 bits per heavy atom. The van der Waals surface area contributed by atoms with Crippen LogP contribution in [-0.4, -0.2) is 9.55 Å². The van der Waals surface area contributed by atoms with Crippen molar-refractivity contribution < 1.29 is 0 Å². The fourth-order valence-electron chi connectivity index (χ4n) is 3.35. The summed E-state index contributed by atoms with van der Waals surface area (Å²) in [6, 6.07) is 23.8. The van der Waals surface area contributed by atoms with Crippen molar-refractivity contribution in [3.63, 3.8) is 0 Å². The average Bonchev–Trinajstić information content (AvgIpc) is 2.97. The van der Waals surface area contributed by atoms with E-state index in [4.69, 9.17) is 4.98 Å². The second kappa shape index (κ2) is 6.48. The number of aryl methyl sites for hydroxylation is 1. The van der Waals surface area contributed by atoms with Crippen molar-refractivity contribution >= 4 is 21.8 Å². The molecule has 4 aromatic rings. The molecule has 0 bridgehead atoms. The Morgan fingerprint density at radius 2 is 1.67 bits per heavy atom. The first kappa shape index (κ1) is 14.9. The van der Waals surface area contributed by atoms with Gasteiger partial charge in [-0.25, -0.2) is 4.98 Å². The third-order valence-electron chi connectivity index (χ3n) is 4.64. The molecule has 0 N–H and O–H groups in total. The number of hydrogen-bond donors (Lipinski definition) is 0. The van der Waals surface area contributed by atoms with Crippen LogP contribution >= 0.6 is 0 Å². The molecule has 24 heavy (non-hydrogen) atoms. The van der Waals surface area contributed by atoms with E-state index in [9.17, 15) is 0 Å². The lowest BCUT2D eigenvalue weighted by Gasteiger charge is -2.10. The quantitative estimate of drug-likeness (QED) is 0.470. The van der Waals surface area contributed by atoms with Gasteiger partial charge in [0.05, 0.1) is 11.0 Å². The molecule has 120 valence electrons. The highest BCUT2D eigenvalue weighted by Crippen LogP contribution is 2.21. The van der Waals surface area contributed by atoms with Crippen molar-refractivity contribution in [1.29, 1.82) is 0 Å². The van der Waals surface area contributed by atoms with Crippen LogP contribution in [0.25, 0.3) is 21.8 Å². The molecule has 0 saturated heterocycles. The molecule has 0 aliphatic heterocycles. The second-order valence-corrected chi connectivity index (χ2v) is 6.39. The SMILES string of the molecule is CCCCc1nc2ccccc2n1Cc1ccc2ccccc2c1. The third kappa shape index (κ3) is 2.80. The predicted molar refractivity (Wildman–Crippen MR) is 101 cm³/mol. The van der Waals surface area contributed by atoms with Crippen molar-refractivity contribution in [2.75, 3.05) is 0 Å². The molecule has 0 aliphatic carbocycles. The van der Waals surface area contributed by atoms with Gasteiger partial charge in [0.15, 0.2) is 0 Å². The molecule has 2 heteroatoms. The molecular formula is C22H22N2. The van der Waals surface area contributed by atoms with Gasteiger partial charge < -0.3 is 4.57 Å². The molecular weight excluding hydrogens is 292 g/mol. The summed E-state index contributed by atoms with van der Waals surface area (Å²) in [6.07, 6.45) is 3.42. The summed E-state index contributed by atoms with van der Waals surface area (Å²) in [4.78, 5) is 4.87. The van der Waals surface area contributed by atoms with Gasteiger partial charge in [-0.05, 0) is 41.0 Å². The summed E-state index contributed by atoms with van der Waals surface area (Å²) in [7, 11) is 0. The summed E-state index contributed by atoms with van der Waals surface area (Å²) in [5.41, 5.74) is 3.66. The van der Waals surface area contributed by atoms with Crippen molar-refractivity contribution in [3.05, 3.63) is 78.1 Å². The first-order valence-corrected chi connectivity index (χ1v) is 8.77. The van der Waals surface area contributed by atoms with Gasteiger partial charge in [-0.1, -0.05) is 61.9 Å². The zero-order valence-electron chi connectivity index (χ0n) is 14.1. The lowest BCUT2D eigenvalue weighted by atomic mass is 10.1. The van der Waals surface area contributed by atoms with Crippen LogP contribution in [0.4, 0.5) is 0 Å². The minimum atomic E-state index is 0.879. The van der Waals surface area contributed by atoms with Gasteiger partial charge >= 0.3 is 0 Å². The minimum Gasteiger partial charge on any atom is -0.323 e. The molecule has 0 spiro atoms. The largest absolute Gasteiger partial charge is 0.323 e. The topological polar surface area (TPSA) is 17.8 Å². The standard InChI is InChI=1S/C22H22N2/c1-2-3-12-22-23-20-10-6-7-11-21(20)24(22)16-17-13-14-18-8-4-5-9-19(18)15-17/h4-11,13-15H,2-3,12,16H2,1H3. The Bertz CT molecular complexity index is 982. The van der Waals surface area contributed by atoms with E-state index in [2.05, 4.69) is 78.2 Å². The maximum atomic E-state index is 4.87. The molecule has 0 fully saturated rings. The average molecular weight is 314 g/mol. The van der Waals surface area contributed by atoms with Crippen LogP contribution in [0.2, 0.25) is 0 Å². The van der Waals surface area contributed by atoms with Crippen molar-refractivity contribution in [2.45, 2.75) is 32.7 Å². The summed E-state index contributed by atoms with van der Waals surface area (Å²) >= 11 is 0. The zero-order valence-corrected chi connectivity index (χ0v) is 14.1. The molecule has 1 aromatic heterocycles. The summed E-state index contributed by atoms with van der Waals surface area (Å²) in [6.45, 7) is 3.11. The van der Waals surface area contributed by atoms with E-state index in [0.29, 0.717) is 0 Å². The molecule has 1 heterocycles. The van der Waals surface area contributed by atoms with Gasteiger partial charge in [-0.2, -0.15) is 0 Å². The van der Waals surface area contributed by atoms with E-state index < -0.39 is 0 Å². The Labute approximate surface area is 142 Å². The van der Waals surface area contributed by atoms with Crippen LogP contribution in [0, 0.1) is 0 Å². The molecule has 0 amide bonds. The number of fused-ring (bicyclic) bond motifs is 2. The van der Waals surface area contributed by atoms with E-state index in [-0.39, 0.29) is 0 Å². The highest BCUT2D eigenvalue weighted by atomic mass is 15.1. The smallest absolute Gasteiger partial charge is 0.110 e. The lowest BCUT2D eigenvalue weighted by molar-refractivity contribution is 0.690. The molecule has 0 atom stereocenters. The van der Waals surface area contributed by atoms with E-state index in [1.54, 1.807) is 0 Å². The minimum absolute atomic E-state index is 0.879. The van der Waals surface area contributed by atoms with Crippen LogP contribution in [0.15, 0.2) is 66.7 Å². The molecule has 0 radical (unpaired) electrons. The Morgan fingerprint density at radius 1 is 0.875 bits per heavy atom. The second-order valence-electron chi connectivity index (χ2n) is 6.39. The van der Waals surface area contributed by atoms with Gasteiger partial charge in [0.1, 0.15) is 5.82 Å². The van der Waals surface area contributed by atoms with Crippen LogP contribution in [-0.2, 0) is 13.0 Å². The maximum absolute atomic E-state index is 4.87. The number of imidazole rings is 1. The molecule has 2 nitrogen and oxygen atoms in total. The number of para-hydroxylation sites is 2. The van der Waals surface area contributed by atoms with Gasteiger partial charge in [-0.15, -0.1) is 0 Å². The number of hydrogen-bond acceptors (Lipinski definition) is 1. The van der Waals surface area contributed by atoms with Crippen LogP contribution in [0.5, 0.6) is 0 Å². The molecule has 3 aromatic carbocycles. The summed E-state index contributed by atoms with van der Waals surface area (Å²) < 4.78 is 2.38. The summed E-state index contributed by atoms with van der Waals surface area (Å²) in [5, 5.41) is 2.59. The maximum Gasteiger partial charge on any atom is 0.110 e. The van der Waals surface area contributed by atoms with Gasteiger partial charge in [-0.3, -0.25) is 0 Å². The predicted octanol–water partition coefficient (Wildman–Crippen LogP) is 5.58. The number of aromatic nitrogens is 2. The Balaban J connectivity index is 1.76. The monoisotopic (exact) mass is 314 g/mol. The van der Waals surface area contributed by atoms with Crippen LogP contribution < -0.4 is 0 Å². The van der Waals surface area contributed by atoms with Crippen molar-refractivity contribution in [3.8, 4) is 0 Å². The van der Waals surface area contributed by atoms with Crippen LogP contribution in [0.1, 0.15) is 31.2 Å². The van der Waals surface area contributed by atoms with Crippen molar-refractivity contribution in [2.24, 2.45) is 0 Å². The molecule has 0 aliphatic rings. The highest BCUT2D eigenvalue weighted by Gasteiger charge is 2.10. The molecule has 4 rings (SSSR count). The molecule has 0 unspecified atom stereocenters. The first-order chi connectivity index (χ1) is 11.8.